The van der Waals surface area contributed by atoms with Crippen molar-refractivity contribution in [3.63, 3.8) is 0 Å². The summed E-state index contributed by atoms with van der Waals surface area (Å²) in [5.41, 5.74) is 4.76. The number of halogens is 2. The van der Waals surface area contributed by atoms with Gasteiger partial charge in [0.2, 0.25) is 5.91 Å². The van der Waals surface area contributed by atoms with Crippen LogP contribution in [-0.4, -0.2) is 35.9 Å². The SMILES string of the molecule is Cc1cc(C)c(C)c(OCC(=O)N(Cc2ccc(Cl)cc2Cl)C(Cc2ccccc2)C(=O)NCC(C)C)c1. The number of aryl methyl sites for hydroxylation is 2. The molecule has 7 heteroatoms. The molecule has 1 atom stereocenters. The van der Waals surface area contributed by atoms with Crippen LogP contribution in [0.1, 0.15) is 41.7 Å². The number of ether oxygens (including phenoxy) is 1. The Labute approximate surface area is 236 Å². The molecule has 0 fully saturated rings. The van der Waals surface area contributed by atoms with E-state index < -0.39 is 6.04 Å². The van der Waals surface area contributed by atoms with E-state index in [4.69, 9.17) is 27.9 Å². The predicted molar refractivity (Wildman–Crippen MR) is 155 cm³/mol. The summed E-state index contributed by atoms with van der Waals surface area (Å²) in [5.74, 6) is 0.394. The third kappa shape index (κ3) is 8.24. The van der Waals surface area contributed by atoms with E-state index in [0.29, 0.717) is 34.3 Å². The van der Waals surface area contributed by atoms with Crippen LogP contribution in [0, 0.1) is 26.7 Å². The van der Waals surface area contributed by atoms with Gasteiger partial charge >= 0.3 is 0 Å². The van der Waals surface area contributed by atoms with E-state index in [1.54, 1.807) is 23.1 Å². The summed E-state index contributed by atoms with van der Waals surface area (Å²) in [4.78, 5) is 28.9. The van der Waals surface area contributed by atoms with Crippen molar-refractivity contribution in [3.8, 4) is 5.75 Å². The van der Waals surface area contributed by atoms with Crippen molar-refractivity contribution in [2.24, 2.45) is 5.92 Å². The van der Waals surface area contributed by atoms with Crippen LogP contribution in [0.15, 0.2) is 60.7 Å². The number of carbonyl (C=O) groups is 2. The minimum Gasteiger partial charge on any atom is -0.483 e. The number of rotatable bonds is 11. The van der Waals surface area contributed by atoms with Crippen molar-refractivity contribution in [2.75, 3.05) is 13.2 Å². The second kappa shape index (κ2) is 13.7. The Hall–Kier alpha value is -3.02. The van der Waals surface area contributed by atoms with Crippen LogP contribution < -0.4 is 10.1 Å². The highest BCUT2D eigenvalue weighted by Crippen LogP contribution is 2.26. The molecule has 1 unspecified atom stereocenters. The molecule has 3 rings (SSSR count). The maximum Gasteiger partial charge on any atom is 0.261 e. The van der Waals surface area contributed by atoms with E-state index in [1.807, 2.05) is 71.0 Å². The number of hydrogen-bond acceptors (Lipinski definition) is 3. The highest BCUT2D eigenvalue weighted by molar-refractivity contribution is 6.35. The molecular formula is C31H36Cl2N2O3. The van der Waals surface area contributed by atoms with Gasteiger partial charge in [-0.05, 0) is 72.7 Å². The summed E-state index contributed by atoms with van der Waals surface area (Å²) in [6.45, 7) is 10.5. The van der Waals surface area contributed by atoms with Crippen LogP contribution in [0.3, 0.4) is 0 Å². The quantitative estimate of drug-likeness (QED) is 0.286. The Balaban J connectivity index is 1.96. The smallest absolute Gasteiger partial charge is 0.261 e. The fraction of sp³-hybridized carbons (Fsp3) is 0.355. The van der Waals surface area contributed by atoms with Gasteiger partial charge in [-0.2, -0.15) is 0 Å². The average molecular weight is 556 g/mol. The number of nitrogens with zero attached hydrogens (tertiary/aromatic N) is 1. The van der Waals surface area contributed by atoms with E-state index in [2.05, 4.69) is 11.4 Å². The van der Waals surface area contributed by atoms with Crippen LogP contribution in [0.25, 0.3) is 0 Å². The molecule has 0 saturated heterocycles. The molecule has 0 aliphatic heterocycles. The lowest BCUT2D eigenvalue weighted by Crippen LogP contribution is -2.52. The lowest BCUT2D eigenvalue weighted by molar-refractivity contribution is -0.142. The van der Waals surface area contributed by atoms with Crippen LogP contribution in [-0.2, 0) is 22.6 Å². The van der Waals surface area contributed by atoms with Crippen LogP contribution in [0.2, 0.25) is 10.0 Å². The largest absolute Gasteiger partial charge is 0.483 e. The topological polar surface area (TPSA) is 58.6 Å². The molecule has 0 spiro atoms. The molecule has 0 aromatic heterocycles. The molecule has 3 aromatic rings. The Kier molecular flexibility index (Phi) is 10.6. The van der Waals surface area contributed by atoms with Gasteiger partial charge < -0.3 is 15.0 Å². The van der Waals surface area contributed by atoms with Gasteiger partial charge in [0.1, 0.15) is 11.8 Å². The van der Waals surface area contributed by atoms with Crippen LogP contribution >= 0.6 is 23.2 Å². The van der Waals surface area contributed by atoms with Crippen molar-refractivity contribution in [3.05, 3.63) is 98.5 Å². The minimum atomic E-state index is -0.765. The highest BCUT2D eigenvalue weighted by atomic mass is 35.5. The maximum absolute atomic E-state index is 13.8. The Morgan fingerprint density at radius 3 is 2.34 bits per heavy atom. The maximum atomic E-state index is 13.8. The van der Waals surface area contributed by atoms with Crippen molar-refractivity contribution in [1.29, 1.82) is 0 Å². The normalized spacial score (nSPS) is 11.8. The summed E-state index contributed by atoms with van der Waals surface area (Å²) < 4.78 is 6.03. The van der Waals surface area contributed by atoms with E-state index in [1.165, 1.54) is 0 Å². The molecule has 202 valence electrons. The summed E-state index contributed by atoms with van der Waals surface area (Å²) in [7, 11) is 0. The molecule has 0 saturated carbocycles. The molecule has 0 radical (unpaired) electrons. The second-order valence-electron chi connectivity index (χ2n) is 10.1. The van der Waals surface area contributed by atoms with E-state index in [9.17, 15) is 9.59 Å². The monoisotopic (exact) mass is 554 g/mol. The van der Waals surface area contributed by atoms with Crippen molar-refractivity contribution < 1.29 is 14.3 Å². The number of carbonyl (C=O) groups excluding carboxylic acids is 2. The van der Waals surface area contributed by atoms with Gasteiger partial charge in [-0.3, -0.25) is 9.59 Å². The molecule has 3 aromatic carbocycles. The zero-order chi connectivity index (χ0) is 27.8. The van der Waals surface area contributed by atoms with Crippen LogP contribution in [0.5, 0.6) is 5.75 Å². The average Bonchev–Trinajstić information content (AvgIpc) is 2.87. The summed E-state index contributed by atoms with van der Waals surface area (Å²) in [5, 5.41) is 3.95. The molecule has 0 aliphatic rings. The summed E-state index contributed by atoms with van der Waals surface area (Å²) in [6.07, 6.45) is 0.351. The Bertz CT molecular complexity index is 1260. The highest BCUT2D eigenvalue weighted by Gasteiger charge is 2.31. The van der Waals surface area contributed by atoms with E-state index in [0.717, 1.165) is 22.3 Å². The van der Waals surface area contributed by atoms with Gasteiger partial charge in [0.05, 0.1) is 0 Å². The molecule has 0 bridgehead atoms. The first-order chi connectivity index (χ1) is 18.0. The molecule has 0 heterocycles. The van der Waals surface area contributed by atoms with E-state index >= 15 is 0 Å². The molecule has 0 aliphatic carbocycles. The minimum absolute atomic E-state index is 0.136. The van der Waals surface area contributed by atoms with Crippen molar-refractivity contribution in [2.45, 2.75) is 53.6 Å². The van der Waals surface area contributed by atoms with Crippen molar-refractivity contribution >= 4 is 35.0 Å². The lowest BCUT2D eigenvalue weighted by atomic mass is 10.0. The molecule has 2 amide bonds. The van der Waals surface area contributed by atoms with Gasteiger partial charge in [-0.25, -0.2) is 0 Å². The summed E-state index contributed by atoms with van der Waals surface area (Å²) in [6, 6.07) is 18.1. The Morgan fingerprint density at radius 1 is 0.974 bits per heavy atom. The molecular weight excluding hydrogens is 519 g/mol. The van der Waals surface area contributed by atoms with E-state index in [-0.39, 0.29) is 30.9 Å². The second-order valence-corrected chi connectivity index (χ2v) is 10.9. The third-order valence-electron chi connectivity index (χ3n) is 6.43. The van der Waals surface area contributed by atoms with Crippen molar-refractivity contribution in [1.82, 2.24) is 10.2 Å². The number of benzene rings is 3. The van der Waals surface area contributed by atoms with Gasteiger partial charge in [-0.15, -0.1) is 0 Å². The Morgan fingerprint density at radius 2 is 1.68 bits per heavy atom. The van der Waals surface area contributed by atoms with Gasteiger partial charge in [0.15, 0.2) is 6.61 Å². The standard InChI is InChI=1S/C31H36Cl2N2O3/c1-20(2)17-34-31(37)28(15-24-9-7-6-8-10-24)35(18-25-11-12-26(32)16-27(25)33)30(36)19-38-29-14-21(3)13-22(4)23(29)5/h6-14,16,20,28H,15,17-19H2,1-5H3,(H,34,37). The first kappa shape index (κ1) is 29.5. The van der Waals surface area contributed by atoms with Gasteiger partial charge in [0, 0.05) is 29.6 Å². The molecule has 5 nitrogen and oxygen atoms in total. The number of hydrogen-bond donors (Lipinski definition) is 1. The third-order valence-corrected chi connectivity index (χ3v) is 7.01. The zero-order valence-electron chi connectivity index (χ0n) is 22.7. The lowest BCUT2D eigenvalue weighted by Gasteiger charge is -2.32. The van der Waals surface area contributed by atoms with Gasteiger partial charge in [0.25, 0.3) is 5.91 Å². The number of nitrogens with one attached hydrogen (secondary N) is 1. The first-order valence-corrected chi connectivity index (χ1v) is 13.6. The zero-order valence-corrected chi connectivity index (χ0v) is 24.2. The predicted octanol–water partition coefficient (Wildman–Crippen LogP) is 6.71. The molecule has 38 heavy (non-hydrogen) atoms. The summed E-state index contributed by atoms with van der Waals surface area (Å²) >= 11 is 12.6. The van der Waals surface area contributed by atoms with Gasteiger partial charge in [-0.1, -0.05) is 79.5 Å². The number of amides is 2. The molecule has 1 N–H and O–H groups in total. The van der Waals surface area contributed by atoms with Crippen LogP contribution in [0.4, 0.5) is 0 Å². The first-order valence-electron chi connectivity index (χ1n) is 12.8. The fourth-order valence-electron chi connectivity index (χ4n) is 4.18. The fourth-order valence-corrected chi connectivity index (χ4v) is 4.65.